The van der Waals surface area contributed by atoms with Gasteiger partial charge in [0, 0.05) is 16.4 Å². The van der Waals surface area contributed by atoms with E-state index in [9.17, 15) is 19.2 Å². The topological polar surface area (TPSA) is 131 Å². The summed E-state index contributed by atoms with van der Waals surface area (Å²) in [6.07, 6.45) is 0. The van der Waals surface area contributed by atoms with Crippen LogP contribution in [0.1, 0.15) is 130 Å². The summed E-state index contributed by atoms with van der Waals surface area (Å²) < 4.78 is 29.8. The van der Waals surface area contributed by atoms with Gasteiger partial charge in [0.25, 0.3) is 22.2 Å². The Bertz CT molecular complexity index is 4050. The molecule has 0 radical (unpaired) electrons. The standard InChI is InChI=1S/C60H56N2O8/c1-27(2)59-37-17-15-16-18-38(37)60(28(3)4,42-26-50-49(25-41(42)59)69-45-21-35-36(22-46(45)70-50)56(66)62(55(35)65)58(12,13)14)40-24-48-47(23-39(40)59)67-43-19-33-34(20-44(43)68-48)54(64)61(53(33)63)52-31(7)29(5)51(57(9,10)11)30(6)32(52)8/h15-28H,1-14H3. The highest BCUT2D eigenvalue weighted by atomic mass is 16.4. The molecule has 4 heterocycles. The number of fused-ring (bicyclic) bond motifs is 6. The van der Waals surface area contributed by atoms with Gasteiger partial charge in [-0.1, -0.05) is 72.7 Å². The van der Waals surface area contributed by atoms with Crippen LogP contribution in [0.4, 0.5) is 0 Å². The van der Waals surface area contributed by atoms with Gasteiger partial charge >= 0.3 is 0 Å². The van der Waals surface area contributed by atoms with E-state index in [1.54, 1.807) is 24.3 Å². The summed E-state index contributed by atoms with van der Waals surface area (Å²) in [6, 6.07) is 23.7. The van der Waals surface area contributed by atoms with E-state index in [0.717, 1.165) is 44.5 Å². The third-order valence-electron chi connectivity index (χ3n) is 16.4. The Morgan fingerprint density at radius 2 is 0.729 bits per heavy atom. The Morgan fingerprint density at radius 3 is 1.01 bits per heavy atom. The van der Waals surface area contributed by atoms with Crippen molar-refractivity contribution in [2.24, 2.45) is 11.8 Å². The van der Waals surface area contributed by atoms with Crippen LogP contribution in [-0.2, 0) is 21.8 Å². The van der Waals surface area contributed by atoms with Gasteiger partial charge in [-0.15, -0.1) is 0 Å². The molecule has 0 spiro atoms. The average molecular weight is 933 g/mol. The summed E-state index contributed by atoms with van der Waals surface area (Å²) >= 11 is 0. The Kier molecular flexibility index (Phi) is 8.66. The minimum absolute atomic E-state index is 0.00567. The van der Waals surface area contributed by atoms with Crippen LogP contribution >= 0.6 is 0 Å². The highest BCUT2D eigenvalue weighted by molar-refractivity contribution is 5.97. The Hall–Kier alpha value is -7.20. The minimum Gasteiger partial charge on any atom is -0.449 e. The highest BCUT2D eigenvalue weighted by Gasteiger charge is 2.61. The molecule has 354 valence electrons. The molecule has 4 aromatic heterocycles. The molecule has 0 saturated carbocycles. The van der Waals surface area contributed by atoms with E-state index < -0.39 is 27.5 Å². The number of benzene rings is 6. The van der Waals surface area contributed by atoms with Gasteiger partial charge in [-0.2, -0.15) is 0 Å². The zero-order valence-electron chi connectivity index (χ0n) is 42.2. The average Bonchev–Trinajstić information content (AvgIpc) is 3.68. The minimum atomic E-state index is -0.716. The Morgan fingerprint density at radius 1 is 0.429 bits per heavy atom. The number of rotatable bonds is 3. The summed E-state index contributed by atoms with van der Waals surface area (Å²) in [5, 5.41) is 1.11. The Labute approximate surface area is 403 Å². The fraction of sp³-hybridized carbons (Fsp3) is 0.333. The molecule has 3 aliphatic rings. The lowest BCUT2D eigenvalue weighted by molar-refractivity contribution is 0.325. The zero-order chi connectivity index (χ0) is 49.8. The van der Waals surface area contributed by atoms with E-state index in [0.29, 0.717) is 50.4 Å². The number of aromatic nitrogens is 2. The highest BCUT2D eigenvalue weighted by Crippen LogP contribution is 2.67. The number of hydrogen-bond acceptors (Lipinski definition) is 8. The van der Waals surface area contributed by atoms with E-state index in [-0.39, 0.29) is 49.9 Å². The molecule has 0 aliphatic heterocycles. The third kappa shape index (κ3) is 5.23. The van der Waals surface area contributed by atoms with Gasteiger partial charge in [0.15, 0.2) is 44.7 Å². The largest absolute Gasteiger partial charge is 0.449 e. The second kappa shape index (κ2) is 13.8. The van der Waals surface area contributed by atoms with Gasteiger partial charge in [-0.3, -0.25) is 23.7 Å². The molecule has 6 aromatic carbocycles. The van der Waals surface area contributed by atoms with Crippen molar-refractivity contribution in [2.75, 3.05) is 0 Å². The van der Waals surface area contributed by atoms with Crippen molar-refractivity contribution in [2.45, 2.75) is 119 Å². The van der Waals surface area contributed by atoms with Crippen LogP contribution in [0.15, 0.2) is 110 Å². The first kappa shape index (κ1) is 44.0. The van der Waals surface area contributed by atoms with Crippen LogP contribution in [0.3, 0.4) is 0 Å². The molecular formula is C60H56N2O8. The smallest absolute Gasteiger partial charge is 0.266 e. The SMILES string of the molecule is Cc1c(C)c(C(C)(C)C)c(C)c(C)c1-n1c(=O)c2cc3oc4cc5c(cc4oc3cc2c1=O)C1(C(C)C)c2ccccc2C5(C(C)C)c2cc3oc4cc5c(=O)n(C(C)(C)C)c(=O)c5cc4oc3cc21. The van der Waals surface area contributed by atoms with Gasteiger partial charge in [-0.05, 0) is 175 Å². The first-order chi connectivity index (χ1) is 32.9. The predicted molar refractivity (Wildman–Crippen MR) is 278 cm³/mol. The van der Waals surface area contributed by atoms with Gasteiger partial charge in [0.1, 0.15) is 0 Å². The van der Waals surface area contributed by atoms with Crippen molar-refractivity contribution in [3.63, 3.8) is 0 Å². The van der Waals surface area contributed by atoms with Crippen LogP contribution in [0, 0.1) is 39.5 Å². The molecule has 3 aliphatic carbocycles. The van der Waals surface area contributed by atoms with Crippen LogP contribution in [-0.4, -0.2) is 9.13 Å². The normalized spacial score (nSPS) is 17.9. The molecule has 10 nitrogen and oxygen atoms in total. The van der Waals surface area contributed by atoms with Crippen molar-refractivity contribution < 1.29 is 17.7 Å². The van der Waals surface area contributed by atoms with Gasteiger partial charge in [0.2, 0.25) is 0 Å². The van der Waals surface area contributed by atoms with Crippen molar-refractivity contribution in [1.82, 2.24) is 9.13 Å². The van der Waals surface area contributed by atoms with E-state index >= 15 is 0 Å². The maximum Gasteiger partial charge on any atom is 0.266 e. The van der Waals surface area contributed by atoms with Gasteiger partial charge < -0.3 is 17.7 Å². The molecular weight excluding hydrogens is 877 g/mol. The molecule has 13 rings (SSSR count). The van der Waals surface area contributed by atoms with Gasteiger partial charge in [0.05, 0.1) is 27.2 Å². The first-order valence-electron chi connectivity index (χ1n) is 24.4. The van der Waals surface area contributed by atoms with Crippen LogP contribution in [0.25, 0.3) is 71.9 Å². The maximum atomic E-state index is 14.5. The molecule has 2 atom stereocenters. The Balaban J connectivity index is 1.12. The molecule has 0 N–H and O–H groups in total. The van der Waals surface area contributed by atoms with Crippen LogP contribution in [0.2, 0.25) is 0 Å². The fourth-order valence-electron chi connectivity index (χ4n) is 13.5. The summed E-state index contributed by atoms with van der Waals surface area (Å²) in [6.45, 7) is 29.2. The fourth-order valence-corrected chi connectivity index (χ4v) is 13.5. The van der Waals surface area contributed by atoms with Crippen molar-refractivity contribution >= 4 is 66.2 Å². The van der Waals surface area contributed by atoms with Crippen molar-refractivity contribution in [3.05, 3.63) is 175 Å². The van der Waals surface area contributed by atoms with E-state index in [1.807, 2.05) is 34.6 Å². The molecule has 70 heavy (non-hydrogen) atoms. The lowest BCUT2D eigenvalue weighted by Gasteiger charge is -2.59. The van der Waals surface area contributed by atoms with Crippen LogP contribution < -0.4 is 22.2 Å². The maximum absolute atomic E-state index is 14.5. The quantitative estimate of drug-likeness (QED) is 0.160. The summed E-state index contributed by atoms with van der Waals surface area (Å²) in [4.78, 5) is 56.4. The molecule has 0 fully saturated rings. The molecule has 2 bridgehead atoms. The number of hydrogen-bond donors (Lipinski definition) is 0. The molecule has 10 heteroatoms. The molecule has 0 saturated heterocycles. The monoisotopic (exact) mass is 932 g/mol. The zero-order valence-corrected chi connectivity index (χ0v) is 42.2. The number of nitrogens with zero attached hydrogens (tertiary/aromatic N) is 2. The van der Waals surface area contributed by atoms with E-state index in [4.69, 9.17) is 17.7 Å². The summed E-state index contributed by atoms with van der Waals surface area (Å²) in [7, 11) is 0. The molecule has 2 unspecified atom stereocenters. The van der Waals surface area contributed by atoms with E-state index in [1.165, 1.54) is 25.8 Å². The van der Waals surface area contributed by atoms with Crippen molar-refractivity contribution in [1.29, 1.82) is 0 Å². The third-order valence-corrected chi connectivity index (χ3v) is 16.4. The lowest BCUT2D eigenvalue weighted by atomic mass is 9.42. The van der Waals surface area contributed by atoms with Crippen molar-refractivity contribution in [3.8, 4) is 5.69 Å². The van der Waals surface area contributed by atoms with Gasteiger partial charge in [-0.25, -0.2) is 4.57 Å². The summed E-state index contributed by atoms with van der Waals surface area (Å²) in [5.74, 6) is 0.0113. The summed E-state index contributed by atoms with van der Waals surface area (Å²) in [5.41, 5.74) is 12.1. The lowest BCUT2D eigenvalue weighted by Crippen LogP contribution is -2.55. The van der Waals surface area contributed by atoms with Crippen LogP contribution in [0.5, 0.6) is 0 Å². The molecule has 0 amide bonds. The van der Waals surface area contributed by atoms with E-state index in [2.05, 4.69) is 111 Å². The second-order valence-electron chi connectivity index (χ2n) is 22.8. The first-order valence-corrected chi connectivity index (χ1v) is 24.4. The predicted octanol–water partition coefficient (Wildman–Crippen LogP) is 12.9. The second-order valence-corrected chi connectivity index (χ2v) is 22.8. The molecule has 10 aromatic rings.